The fraction of sp³-hybridized carbons (Fsp3) is 0.941. The number of fused-ring (bicyclic) bond motifs is 3. The second-order valence-electron chi connectivity index (χ2n) is 9.08. The molecule has 3 rings (SSSR count). The molecule has 2 saturated carbocycles. The zero-order chi connectivity index (χ0) is 22.1. The van der Waals surface area contributed by atoms with Gasteiger partial charge in [-0.25, -0.2) is 4.79 Å². The number of carbonyl (C=O) groups is 1. The number of hydrogen-bond donors (Lipinski definition) is 3. The van der Waals surface area contributed by atoms with Gasteiger partial charge in [0.05, 0.1) is 31.8 Å². The molecule has 1 saturated heterocycles. The van der Waals surface area contributed by atoms with Crippen LogP contribution in [-0.4, -0.2) is 72.7 Å². The SMILES string of the molecule is CC1(C)C2CCC1(C)C1(OCC(CO)(CO)CO1)C2OC(=O)C(F)(F)S(=O)(=O)O. The van der Waals surface area contributed by atoms with Gasteiger partial charge in [0.15, 0.2) is 6.10 Å². The third kappa shape index (κ3) is 2.79. The highest BCUT2D eigenvalue weighted by molar-refractivity contribution is 7.87. The minimum Gasteiger partial charge on any atom is -0.451 e. The Balaban J connectivity index is 1.99. The third-order valence-corrected chi connectivity index (χ3v) is 8.28. The Morgan fingerprint density at radius 2 is 1.69 bits per heavy atom. The first-order valence-corrected chi connectivity index (χ1v) is 10.6. The highest BCUT2D eigenvalue weighted by atomic mass is 32.2. The van der Waals surface area contributed by atoms with Gasteiger partial charge < -0.3 is 24.4 Å². The summed E-state index contributed by atoms with van der Waals surface area (Å²) in [6.45, 7) is 4.26. The van der Waals surface area contributed by atoms with Gasteiger partial charge in [-0.05, 0) is 18.3 Å². The number of esters is 1. The third-order valence-electron chi connectivity index (χ3n) is 7.47. The first-order chi connectivity index (χ1) is 13.1. The largest absolute Gasteiger partial charge is 0.465 e. The summed E-state index contributed by atoms with van der Waals surface area (Å²) in [5.41, 5.74) is -2.50. The Morgan fingerprint density at radius 3 is 2.14 bits per heavy atom. The lowest BCUT2D eigenvalue weighted by Crippen LogP contribution is -2.65. The monoisotopic (exact) mass is 444 g/mol. The van der Waals surface area contributed by atoms with Crippen LogP contribution in [0.3, 0.4) is 0 Å². The number of aliphatic hydroxyl groups is 2. The first kappa shape index (κ1) is 22.8. The van der Waals surface area contributed by atoms with Gasteiger partial charge in [0.1, 0.15) is 0 Å². The summed E-state index contributed by atoms with van der Waals surface area (Å²) in [4.78, 5) is 12.0. The van der Waals surface area contributed by atoms with Crippen LogP contribution in [0.25, 0.3) is 0 Å². The Morgan fingerprint density at radius 1 is 1.17 bits per heavy atom. The Bertz CT molecular complexity index is 783. The highest BCUT2D eigenvalue weighted by Crippen LogP contribution is 2.72. The molecular formula is C17H26F2O9S. The number of rotatable bonds is 5. The lowest BCUT2D eigenvalue weighted by molar-refractivity contribution is -0.382. The van der Waals surface area contributed by atoms with Crippen molar-refractivity contribution in [3.05, 3.63) is 0 Å². The Hall–Kier alpha value is -0.920. The van der Waals surface area contributed by atoms with E-state index in [1.165, 1.54) is 0 Å². The van der Waals surface area contributed by atoms with Crippen molar-refractivity contribution in [1.82, 2.24) is 0 Å². The van der Waals surface area contributed by atoms with E-state index >= 15 is 0 Å². The number of aliphatic hydroxyl groups excluding tert-OH is 2. The predicted octanol–water partition coefficient (Wildman–Crippen LogP) is 0.549. The average Bonchev–Trinajstić information content (AvgIpc) is 2.95. The fourth-order valence-corrected chi connectivity index (χ4v) is 5.30. The van der Waals surface area contributed by atoms with Gasteiger partial charge in [-0.3, -0.25) is 4.55 Å². The summed E-state index contributed by atoms with van der Waals surface area (Å²) in [5, 5.41) is 14.0. The molecule has 1 spiro atoms. The maximum Gasteiger partial charge on any atom is 0.465 e. The van der Waals surface area contributed by atoms with Crippen molar-refractivity contribution in [3.63, 3.8) is 0 Å². The van der Waals surface area contributed by atoms with Gasteiger partial charge in [-0.2, -0.15) is 17.2 Å². The minimum absolute atomic E-state index is 0.179. The number of carbonyl (C=O) groups excluding carboxylic acids is 1. The molecule has 3 unspecified atom stereocenters. The van der Waals surface area contributed by atoms with Crippen molar-refractivity contribution >= 4 is 16.1 Å². The van der Waals surface area contributed by atoms with E-state index < -0.39 is 68.6 Å². The summed E-state index contributed by atoms with van der Waals surface area (Å²) in [6.07, 6.45) is -0.302. The number of ether oxygens (including phenoxy) is 3. The van der Waals surface area contributed by atoms with Gasteiger partial charge in [0.2, 0.25) is 5.79 Å². The standard InChI is InChI=1S/C17H26F2O9S/c1-13(2)10-4-5-14(13,3)16(26-8-15(6-20,7-21)9-27-16)11(10)28-12(22)17(18,19)29(23,24)25/h10-11,20-21H,4-9H2,1-3H3,(H,23,24,25). The topological polar surface area (TPSA) is 140 Å². The molecule has 3 aliphatic rings. The average molecular weight is 444 g/mol. The van der Waals surface area contributed by atoms with Crippen molar-refractivity contribution in [2.75, 3.05) is 26.4 Å². The van der Waals surface area contributed by atoms with Gasteiger partial charge in [0.25, 0.3) is 0 Å². The second kappa shape index (κ2) is 6.54. The lowest BCUT2D eigenvalue weighted by atomic mass is 9.68. The first-order valence-electron chi connectivity index (χ1n) is 9.20. The van der Waals surface area contributed by atoms with Crippen LogP contribution >= 0.6 is 0 Å². The van der Waals surface area contributed by atoms with Crippen LogP contribution in [0.1, 0.15) is 33.6 Å². The van der Waals surface area contributed by atoms with E-state index in [9.17, 15) is 32.2 Å². The van der Waals surface area contributed by atoms with Gasteiger partial charge in [0, 0.05) is 11.3 Å². The summed E-state index contributed by atoms with van der Waals surface area (Å²) in [5.74, 6) is -4.56. The molecule has 0 amide bonds. The molecule has 1 heterocycles. The number of halogens is 2. The van der Waals surface area contributed by atoms with Crippen LogP contribution in [0.4, 0.5) is 8.78 Å². The molecule has 3 fully saturated rings. The molecule has 9 nitrogen and oxygen atoms in total. The molecule has 2 bridgehead atoms. The van der Waals surface area contributed by atoms with Crippen molar-refractivity contribution in [1.29, 1.82) is 0 Å². The summed E-state index contributed by atoms with van der Waals surface area (Å²) in [7, 11) is -6.02. The zero-order valence-electron chi connectivity index (χ0n) is 16.4. The molecule has 0 aromatic rings. The molecule has 0 radical (unpaired) electrons. The van der Waals surface area contributed by atoms with E-state index in [-0.39, 0.29) is 13.2 Å². The molecule has 29 heavy (non-hydrogen) atoms. The summed E-state index contributed by atoms with van der Waals surface area (Å²) >= 11 is 0. The van der Waals surface area contributed by atoms with Gasteiger partial charge in [-0.15, -0.1) is 0 Å². The molecule has 3 atom stereocenters. The van der Waals surface area contributed by atoms with E-state index in [2.05, 4.69) is 0 Å². The van der Waals surface area contributed by atoms with Crippen LogP contribution in [0, 0.1) is 22.2 Å². The molecule has 12 heteroatoms. The summed E-state index contributed by atoms with van der Waals surface area (Å²) in [6, 6.07) is 0. The number of alkyl halides is 2. The molecule has 0 aromatic carbocycles. The quantitative estimate of drug-likeness (QED) is 0.410. The van der Waals surface area contributed by atoms with Crippen LogP contribution in [-0.2, 0) is 29.1 Å². The van der Waals surface area contributed by atoms with Crippen molar-refractivity contribution in [2.45, 2.75) is 50.8 Å². The number of hydrogen-bond acceptors (Lipinski definition) is 8. The minimum atomic E-state index is -6.02. The maximum absolute atomic E-state index is 13.8. The van der Waals surface area contributed by atoms with E-state index in [0.29, 0.717) is 12.8 Å². The molecule has 0 aromatic heterocycles. The van der Waals surface area contributed by atoms with E-state index in [1.807, 2.05) is 20.8 Å². The molecule has 1 aliphatic heterocycles. The predicted molar refractivity (Wildman–Crippen MR) is 92.2 cm³/mol. The molecular weight excluding hydrogens is 418 g/mol. The second-order valence-corrected chi connectivity index (χ2v) is 10.5. The van der Waals surface area contributed by atoms with Gasteiger partial charge in [-0.1, -0.05) is 20.8 Å². The molecule has 168 valence electrons. The van der Waals surface area contributed by atoms with Crippen molar-refractivity contribution in [3.8, 4) is 0 Å². The highest BCUT2D eigenvalue weighted by Gasteiger charge is 2.79. The smallest absolute Gasteiger partial charge is 0.451 e. The normalized spacial score (nSPS) is 35.0. The van der Waals surface area contributed by atoms with Crippen LogP contribution in [0.15, 0.2) is 0 Å². The molecule has 2 aliphatic carbocycles. The van der Waals surface area contributed by atoms with Crippen LogP contribution in [0.2, 0.25) is 0 Å². The molecule has 3 N–H and O–H groups in total. The van der Waals surface area contributed by atoms with Crippen LogP contribution < -0.4 is 0 Å². The lowest BCUT2D eigenvalue weighted by Gasteiger charge is -2.54. The zero-order valence-corrected chi connectivity index (χ0v) is 17.2. The van der Waals surface area contributed by atoms with Crippen LogP contribution in [0.5, 0.6) is 0 Å². The van der Waals surface area contributed by atoms with E-state index in [1.54, 1.807) is 0 Å². The van der Waals surface area contributed by atoms with Crippen molar-refractivity contribution in [2.24, 2.45) is 22.2 Å². The summed E-state index contributed by atoms with van der Waals surface area (Å²) < 4.78 is 75.1. The van der Waals surface area contributed by atoms with Gasteiger partial charge >= 0.3 is 21.3 Å². The van der Waals surface area contributed by atoms with E-state index in [4.69, 9.17) is 18.8 Å². The van der Waals surface area contributed by atoms with E-state index in [0.717, 1.165) is 0 Å². The fourth-order valence-electron chi connectivity index (χ4n) is 5.04. The van der Waals surface area contributed by atoms with Crippen molar-refractivity contribution < 1.29 is 51.0 Å². The Kier molecular flexibility index (Phi) is 5.13. The maximum atomic E-state index is 13.8. The Labute approximate surface area is 167 Å².